The summed E-state index contributed by atoms with van der Waals surface area (Å²) in [6.45, 7) is 14.1. The molecule has 4 heteroatoms. The number of rotatable bonds is 3. The minimum atomic E-state index is 0.00318. The molecular formula is C27H38N2O2. The Kier molecular flexibility index (Phi) is 5.40. The zero-order chi connectivity index (χ0) is 21.8. The summed E-state index contributed by atoms with van der Waals surface area (Å²) in [6, 6.07) is 6.72. The maximum atomic E-state index is 12.9. The second-order valence-electron chi connectivity index (χ2n) is 10.9. The van der Waals surface area contributed by atoms with E-state index in [4.69, 9.17) is 4.74 Å². The SMILES string of the molecule is Cc1ccc(C)c(N2CCN(C[C@H]3C(=O)O[C@@H]4C[C@@]5(C)CCC[C@H](C)C5=C[C@@H]43)CC2)c1. The first-order chi connectivity index (χ1) is 14.8. The van der Waals surface area contributed by atoms with Crippen LogP contribution in [0.4, 0.5) is 5.69 Å². The Morgan fingerprint density at radius 2 is 1.94 bits per heavy atom. The number of anilines is 1. The number of hydrogen-bond donors (Lipinski definition) is 0. The molecule has 5 atom stereocenters. The molecule has 4 aliphatic rings. The van der Waals surface area contributed by atoms with Crippen LogP contribution in [0.2, 0.25) is 0 Å². The lowest BCUT2D eigenvalue weighted by Gasteiger charge is -2.46. The van der Waals surface area contributed by atoms with Gasteiger partial charge in [-0.2, -0.15) is 0 Å². The first kappa shape index (κ1) is 21.1. The fourth-order valence-electron chi connectivity index (χ4n) is 6.77. The Morgan fingerprint density at radius 1 is 1.16 bits per heavy atom. The van der Waals surface area contributed by atoms with E-state index in [0.717, 1.165) is 39.1 Å². The minimum Gasteiger partial charge on any atom is -0.461 e. The normalized spacial score (nSPS) is 35.9. The van der Waals surface area contributed by atoms with E-state index in [2.05, 4.69) is 61.8 Å². The Bertz CT molecular complexity index is 885. The molecule has 0 radical (unpaired) electrons. The molecule has 2 aliphatic heterocycles. The van der Waals surface area contributed by atoms with E-state index in [0.29, 0.717) is 5.92 Å². The van der Waals surface area contributed by atoms with Gasteiger partial charge in [0.05, 0.1) is 5.92 Å². The highest BCUT2D eigenvalue weighted by atomic mass is 16.6. The lowest BCUT2D eigenvalue weighted by molar-refractivity contribution is -0.145. The first-order valence-corrected chi connectivity index (χ1v) is 12.3. The van der Waals surface area contributed by atoms with Crippen LogP contribution in [0.1, 0.15) is 50.7 Å². The number of fused-ring (bicyclic) bond motifs is 2. The fourth-order valence-corrected chi connectivity index (χ4v) is 6.77. The molecule has 168 valence electrons. The third-order valence-electron chi connectivity index (χ3n) is 8.61. The van der Waals surface area contributed by atoms with E-state index < -0.39 is 0 Å². The number of carbonyl (C=O) groups excluding carboxylic acids is 1. The molecule has 3 fully saturated rings. The molecule has 31 heavy (non-hydrogen) atoms. The maximum Gasteiger partial charge on any atom is 0.311 e. The van der Waals surface area contributed by atoms with Crippen molar-refractivity contribution in [3.8, 4) is 0 Å². The van der Waals surface area contributed by atoms with E-state index in [9.17, 15) is 4.79 Å². The standard InChI is InChI=1S/C27H38N2O2/c1-18-7-8-20(3)24(14-18)29-12-10-28(11-13-29)17-22-21-15-23-19(2)6-5-9-27(23,4)16-25(21)31-26(22)30/h7-8,14-15,19,21-22,25H,5-6,9-13,16-17H2,1-4H3/t19-,21+,22+,25+,27+/m0/s1. The van der Waals surface area contributed by atoms with Crippen LogP contribution in [-0.2, 0) is 9.53 Å². The monoisotopic (exact) mass is 422 g/mol. The molecular weight excluding hydrogens is 384 g/mol. The third-order valence-corrected chi connectivity index (χ3v) is 8.61. The van der Waals surface area contributed by atoms with E-state index in [-0.39, 0.29) is 29.3 Å². The van der Waals surface area contributed by atoms with Crippen LogP contribution in [0.5, 0.6) is 0 Å². The summed E-state index contributed by atoms with van der Waals surface area (Å²) >= 11 is 0. The number of allylic oxidation sites excluding steroid dienone is 1. The summed E-state index contributed by atoms with van der Waals surface area (Å²) < 4.78 is 5.97. The number of hydrogen-bond acceptors (Lipinski definition) is 4. The highest BCUT2D eigenvalue weighted by Gasteiger charge is 2.52. The molecule has 0 bridgehead atoms. The molecule has 0 N–H and O–H groups in total. The van der Waals surface area contributed by atoms with Gasteiger partial charge in [0.25, 0.3) is 0 Å². The molecule has 0 unspecified atom stereocenters. The van der Waals surface area contributed by atoms with Crippen molar-refractivity contribution in [2.24, 2.45) is 23.2 Å². The predicted octanol–water partition coefficient (Wildman–Crippen LogP) is 4.74. The van der Waals surface area contributed by atoms with Gasteiger partial charge in [0.2, 0.25) is 0 Å². The van der Waals surface area contributed by atoms with Gasteiger partial charge < -0.3 is 9.64 Å². The van der Waals surface area contributed by atoms with Gasteiger partial charge in [-0.1, -0.05) is 44.1 Å². The predicted molar refractivity (Wildman–Crippen MR) is 125 cm³/mol. The Hall–Kier alpha value is -1.81. The number of esters is 1. The number of nitrogens with zero attached hydrogens (tertiary/aromatic N) is 2. The van der Waals surface area contributed by atoms with Gasteiger partial charge in [0.1, 0.15) is 6.10 Å². The van der Waals surface area contributed by atoms with Gasteiger partial charge in [0, 0.05) is 44.3 Å². The average Bonchev–Trinajstić information content (AvgIpc) is 3.02. The van der Waals surface area contributed by atoms with Crippen LogP contribution in [0.3, 0.4) is 0 Å². The van der Waals surface area contributed by atoms with Crippen LogP contribution in [0.25, 0.3) is 0 Å². The number of aryl methyl sites for hydroxylation is 2. The zero-order valence-corrected chi connectivity index (χ0v) is 19.7. The van der Waals surface area contributed by atoms with Gasteiger partial charge in [-0.25, -0.2) is 0 Å². The lowest BCUT2D eigenvalue weighted by atomic mass is 9.59. The molecule has 1 aromatic carbocycles. The Balaban J connectivity index is 1.27. The summed E-state index contributed by atoms with van der Waals surface area (Å²) in [5.41, 5.74) is 5.88. The van der Waals surface area contributed by atoms with Crippen LogP contribution in [0, 0.1) is 37.0 Å². The van der Waals surface area contributed by atoms with Gasteiger partial charge >= 0.3 is 5.97 Å². The quantitative estimate of drug-likeness (QED) is 0.520. The highest BCUT2D eigenvalue weighted by molar-refractivity contribution is 5.76. The number of carbonyl (C=O) groups is 1. The van der Waals surface area contributed by atoms with Crippen LogP contribution in [-0.4, -0.2) is 49.7 Å². The summed E-state index contributed by atoms with van der Waals surface area (Å²) in [4.78, 5) is 17.9. The van der Waals surface area contributed by atoms with Gasteiger partial charge in [-0.15, -0.1) is 0 Å². The van der Waals surface area contributed by atoms with Crippen molar-refractivity contribution in [2.75, 3.05) is 37.6 Å². The van der Waals surface area contributed by atoms with Crippen molar-refractivity contribution >= 4 is 11.7 Å². The maximum absolute atomic E-state index is 12.9. The van der Waals surface area contributed by atoms with Crippen LogP contribution < -0.4 is 4.90 Å². The molecule has 2 aliphatic carbocycles. The smallest absolute Gasteiger partial charge is 0.311 e. The molecule has 2 heterocycles. The molecule has 1 aromatic rings. The highest BCUT2D eigenvalue weighted by Crippen LogP contribution is 2.54. The van der Waals surface area contributed by atoms with Gasteiger partial charge in [-0.3, -0.25) is 9.69 Å². The van der Waals surface area contributed by atoms with E-state index >= 15 is 0 Å². The fraction of sp³-hybridized carbons (Fsp3) is 0.667. The second-order valence-corrected chi connectivity index (χ2v) is 10.9. The van der Waals surface area contributed by atoms with Crippen LogP contribution in [0.15, 0.2) is 29.8 Å². The van der Waals surface area contributed by atoms with Crippen molar-refractivity contribution in [2.45, 2.75) is 59.5 Å². The molecule has 2 saturated heterocycles. The largest absolute Gasteiger partial charge is 0.461 e. The van der Waals surface area contributed by atoms with Crippen LogP contribution >= 0.6 is 0 Å². The minimum absolute atomic E-state index is 0.00318. The summed E-state index contributed by atoms with van der Waals surface area (Å²) in [5, 5.41) is 0. The van der Waals surface area contributed by atoms with Crippen molar-refractivity contribution in [3.05, 3.63) is 41.0 Å². The molecule has 0 spiro atoms. The van der Waals surface area contributed by atoms with Crippen molar-refractivity contribution in [1.29, 1.82) is 0 Å². The average molecular weight is 423 g/mol. The Labute approximate surface area is 187 Å². The van der Waals surface area contributed by atoms with E-state index in [1.54, 1.807) is 5.57 Å². The molecule has 0 aromatic heterocycles. The van der Waals surface area contributed by atoms with Gasteiger partial charge in [-0.05, 0) is 61.6 Å². The molecule has 5 rings (SSSR count). The topological polar surface area (TPSA) is 32.8 Å². The Morgan fingerprint density at radius 3 is 2.71 bits per heavy atom. The second kappa shape index (κ2) is 7.95. The summed E-state index contributed by atoms with van der Waals surface area (Å²) in [5.74, 6) is 0.965. The van der Waals surface area contributed by atoms with E-state index in [1.807, 2.05) is 0 Å². The summed E-state index contributed by atoms with van der Waals surface area (Å²) in [7, 11) is 0. The molecule has 4 nitrogen and oxygen atoms in total. The number of piperazine rings is 1. The number of benzene rings is 1. The number of ether oxygens (including phenoxy) is 1. The molecule has 1 saturated carbocycles. The third kappa shape index (κ3) is 3.82. The molecule has 0 amide bonds. The zero-order valence-electron chi connectivity index (χ0n) is 19.7. The van der Waals surface area contributed by atoms with Crippen molar-refractivity contribution in [1.82, 2.24) is 4.90 Å². The van der Waals surface area contributed by atoms with Gasteiger partial charge in [0.15, 0.2) is 0 Å². The summed E-state index contributed by atoms with van der Waals surface area (Å²) in [6.07, 6.45) is 7.44. The van der Waals surface area contributed by atoms with E-state index in [1.165, 1.54) is 36.1 Å². The lowest BCUT2D eigenvalue weighted by Crippen LogP contribution is -2.49. The van der Waals surface area contributed by atoms with Crippen molar-refractivity contribution < 1.29 is 9.53 Å². The first-order valence-electron chi connectivity index (χ1n) is 12.3. The van der Waals surface area contributed by atoms with Crippen molar-refractivity contribution in [3.63, 3.8) is 0 Å².